The Labute approximate surface area is 182 Å². The SMILES string of the molecule is COc1ccc2c(c1)C(CC(=O)O)=C(C)/C2=C/c1ccccc1OCc1ccccc1. The number of aliphatic carboxylic acids is 1. The van der Waals surface area contributed by atoms with Gasteiger partial charge in [0.05, 0.1) is 13.5 Å². The number of allylic oxidation sites excluding steroid dienone is 2. The molecule has 1 aliphatic rings. The molecule has 156 valence electrons. The Hall–Kier alpha value is -3.79. The molecule has 0 amide bonds. The Bertz CT molecular complexity index is 1170. The zero-order valence-electron chi connectivity index (χ0n) is 17.6. The van der Waals surface area contributed by atoms with E-state index in [4.69, 9.17) is 9.47 Å². The first-order valence-corrected chi connectivity index (χ1v) is 10.1. The lowest BCUT2D eigenvalue weighted by molar-refractivity contribution is -0.135. The van der Waals surface area contributed by atoms with Gasteiger partial charge in [0.25, 0.3) is 0 Å². The Morgan fingerprint density at radius 3 is 2.45 bits per heavy atom. The summed E-state index contributed by atoms with van der Waals surface area (Å²) in [6.07, 6.45) is 2.05. The largest absolute Gasteiger partial charge is 0.497 e. The maximum absolute atomic E-state index is 11.5. The predicted molar refractivity (Wildman–Crippen MR) is 123 cm³/mol. The van der Waals surface area contributed by atoms with Crippen LogP contribution in [0.15, 0.2) is 78.4 Å². The van der Waals surface area contributed by atoms with Crippen LogP contribution in [-0.4, -0.2) is 18.2 Å². The van der Waals surface area contributed by atoms with Gasteiger partial charge in [-0.05, 0) is 64.6 Å². The minimum Gasteiger partial charge on any atom is -0.497 e. The average molecular weight is 412 g/mol. The van der Waals surface area contributed by atoms with E-state index in [-0.39, 0.29) is 6.42 Å². The molecule has 0 radical (unpaired) electrons. The molecule has 0 heterocycles. The van der Waals surface area contributed by atoms with E-state index in [2.05, 4.69) is 6.08 Å². The third kappa shape index (κ3) is 4.38. The van der Waals surface area contributed by atoms with Gasteiger partial charge in [-0.1, -0.05) is 54.6 Å². The van der Waals surface area contributed by atoms with Crippen molar-refractivity contribution in [1.82, 2.24) is 0 Å². The molecule has 0 atom stereocenters. The van der Waals surface area contributed by atoms with Gasteiger partial charge in [0.2, 0.25) is 0 Å². The number of methoxy groups -OCH3 is 1. The molecule has 1 N–H and O–H groups in total. The molecular weight excluding hydrogens is 388 g/mol. The van der Waals surface area contributed by atoms with Gasteiger partial charge in [0.15, 0.2) is 0 Å². The van der Waals surface area contributed by atoms with Crippen molar-refractivity contribution in [2.24, 2.45) is 0 Å². The first kappa shape index (κ1) is 20.5. The van der Waals surface area contributed by atoms with Crippen LogP contribution in [0.2, 0.25) is 0 Å². The normalized spacial score (nSPS) is 13.9. The van der Waals surface area contributed by atoms with E-state index in [9.17, 15) is 9.90 Å². The molecule has 0 aromatic heterocycles. The van der Waals surface area contributed by atoms with Crippen molar-refractivity contribution in [3.8, 4) is 11.5 Å². The van der Waals surface area contributed by atoms with Gasteiger partial charge in [0.1, 0.15) is 18.1 Å². The average Bonchev–Trinajstić information content (AvgIpc) is 3.04. The van der Waals surface area contributed by atoms with Crippen molar-refractivity contribution >= 4 is 23.2 Å². The number of carboxylic acid groups (broad SMARTS) is 1. The molecule has 3 aromatic rings. The van der Waals surface area contributed by atoms with Crippen LogP contribution in [0, 0.1) is 0 Å². The standard InChI is InChI=1S/C27H24O4/c1-18-23(22-13-12-21(30-2)15-25(22)24(18)16-27(28)29)14-20-10-6-7-11-26(20)31-17-19-8-4-3-5-9-19/h3-15H,16-17H2,1-2H3,(H,28,29)/b23-14-. The van der Waals surface area contributed by atoms with Crippen LogP contribution in [0.3, 0.4) is 0 Å². The number of para-hydroxylation sites is 1. The Morgan fingerprint density at radius 1 is 0.968 bits per heavy atom. The summed E-state index contributed by atoms with van der Waals surface area (Å²) in [6.45, 7) is 2.46. The summed E-state index contributed by atoms with van der Waals surface area (Å²) >= 11 is 0. The van der Waals surface area contributed by atoms with E-state index in [1.165, 1.54) is 0 Å². The minimum absolute atomic E-state index is 0.0322. The summed E-state index contributed by atoms with van der Waals surface area (Å²) in [5, 5.41) is 9.44. The molecule has 4 rings (SSSR count). The summed E-state index contributed by atoms with van der Waals surface area (Å²) in [5.41, 5.74) is 6.75. The molecule has 31 heavy (non-hydrogen) atoms. The van der Waals surface area contributed by atoms with Crippen molar-refractivity contribution in [1.29, 1.82) is 0 Å². The predicted octanol–water partition coefficient (Wildman–Crippen LogP) is 6.08. The Kier molecular flexibility index (Phi) is 5.89. The molecule has 0 unspecified atom stereocenters. The van der Waals surface area contributed by atoms with Crippen LogP contribution >= 0.6 is 0 Å². The smallest absolute Gasteiger partial charge is 0.307 e. The molecule has 0 fully saturated rings. The number of benzene rings is 3. The van der Waals surface area contributed by atoms with E-state index in [1.807, 2.05) is 79.7 Å². The maximum Gasteiger partial charge on any atom is 0.307 e. The number of hydrogen-bond donors (Lipinski definition) is 1. The second-order valence-corrected chi connectivity index (χ2v) is 7.46. The van der Waals surface area contributed by atoms with Gasteiger partial charge < -0.3 is 14.6 Å². The van der Waals surface area contributed by atoms with Gasteiger partial charge in [-0.2, -0.15) is 0 Å². The summed E-state index contributed by atoms with van der Waals surface area (Å²) in [6, 6.07) is 23.7. The summed E-state index contributed by atoms with van der Waals surface area (Å²) in [7, 11) is 1.61. The van der Waals surface area contributed by atoms with E-state index >= 15 is 0 Å². The Morgan fingerprint density at radius 2 is 1.71 bits per heavy atom. The first-order chi connectivity index (χ1) is 15.1. The molecule has 1 aliphatic carbocycles. The molecule has 0 bridgehead atoms. The van der Waals surface area contributed by atoms with Gasteiger partial charge in [-0.25, -0.2) is 0 Å². The highest BCUT2D eigenvalue weighted by Crippen LogP contribution is 2.45. The fraction of sp³-hybridized carbons (Fsp3) is 0.148. The first-order valence-electron chi connectivity index (χ1n) is 10.1. The molecule has 4 heteroatoms. The molecule has 4 nitrogen and oxygen atoms in total. The quantitative estimate of drug-likeness (QED) is 0.511. The lowest BCUT2D eigenvalue weighted by Crippen LogP contribution is -1.97. The summed E-state index contributed by atoms with van der Waals surface area (Å²) in [5.74, 6) is 0.645. The zero-order valence-corrected chi connectivity index (χ0v) is 17.6. The third-order valence-electron chi connectivity index (χ3n) is 5.48. The summed E-state index contributed by atoms with van der Waals surface area (Å²) in [4.78, 5) is 11.5. The number of ether oxygens (including phenoxy) is 2. The van der Waals surface area contributed by atoms with Crippen LogP contribution in [-0.2, 0) is 11.4 Å². The van der Waals surface area contributed by atoms with Crippen LogP contribution in [0.5, 0.6) is 11.5 Å². The number of rotatable bonds is 7. The molecule has 0 spiro atoms. The van der Waals surface area contributed by atoms with E-state index in [0.29, 0.717) is 12.4 Å². The number of carbonyl (C=O) groups is 1. The highest BCUT2D eigenvalue weighted by atomic mass is 16.5. The van der Waals surface area contributed by atoms with Crippen LogP contribution in [0.25, 0.3) is 17.2 Å². The van der Waals surface area contributed by atoms with Crippen molar-refractivity contribution in [3.05, 3.63) is 101 Å². The van der Waals surface area contributed by atoms with E-state index < -0.39 is 5.97 Å². The third-order valence-corrected chi connectivity index (χ3v) is 5.48. The monoisotopic (exact) mass is 412 g/mol. The van der Waals surface area contributed by atoms with Crippen molar-refractivity contribution in [3.63, 3.8) is 0 Å². The fourth-order valence-electron chi connectivity index (χ4n) is 3.89. The second kappa shape index (κ2) is 8.92. The molecular formula is C27H24O4. The van der Waals surface area contributed by atoms with Crippen molar-refractivity contribution < 1.29 is 19.4 Å². The van der Waals surface area contributed by atoms with Gasteiger partial charge >= 0.3 is 5.97 Å². The van der Waals surface area contributed by atoms with E-state index in [0.717, 1.165) is 44.7 Å². The van der Waals surface area contributed by atoms with Crippen LogP contribution in [0.1, 0.15) is 35.6 Å². The van der Waals surface area contributed by atoms with Crippen molar-refractivity contribution in [2.45, 2.75) is 20.0 Å². The fourth-order valence-corrected chi connectivity index (χ4v) is 3.89. The lowest BCUT2D eigenvalue weighted by atomic mass is 10.00. The highest BCUT2D eigenvalue weighted by Gasteiger charge is 2.26. The molecule has 0 saturated heterocycles. The lowest BCUT2D eigenvalue weighted by Gasteiger charge is -2.11. The number of hydrogen-bond acceptors (Lipinski definition) is 3. The summed E-state index contributed by atoms with van der Waals surface area (Å²) < 4.78 is 11.5. The van der Waals surface area contributed by atoms with E-state index in [1.54, 1.807) is 7.11 Å². The molecule has 3 aromatic carbocycles. The maximum atomic E-state index is 11.5. The van der Waals surface area contributed by atoms with Crippen LogP contribution < -0.4 is 9.47 Å². The molecule has 0 saturated carbocycles. The second-order valence-electron chi connectivity index (χ2n) is 7.46. The number of carboxylic acids is 1. The molecule has 0 aliphatic heterocycles. The topological polar surface area (TPSA) is 55.8 Å². The highest BCUT2D eigenvalue weighted by molar-refractivity contribution is 6.08. The Balaban J connectivity index is 1.73. The van der Waals surface area contributed by atoms with Crippen LogP contribution in [0.4, 0.5) is 0 Å². The van der Waals surface area contributed by atoms with Crippen molar-refractivity contribution in [2.75, 3.05) is 7.11 Å². The number of fused-ring (bicyclic) bond motifs is 1. The zero-order chi connectivity index (χ0) is 21.8. The van der Waals surface area contributed by atoms with Gasteiger partial charge in [-0.15, -0.1) is 0 Å². The van der Waals surface area contributed by atoms with Gasteiger partial charge in [0, 0.05) is 5.56 Å². The minimum atomic E-state index is -0.851. The van der Waals surface area contributed by atoms with Gasteiger partial charge in [-0.3, -0.25) is 4.79 Å².